The number of esters is 1. The molecule has 0 saturated heterocycles. The van der Waals surface area contributed by atoms with E-state index >= 15 is 0 Å². The number of nitro groups is 1. The number of nitrogens with zero attached hydrogens (tertiary/aromatic N) is 1. The van der Waals surface area contributed by atoms with Crippen molar-refractivity contribution in [1.29, 1.82) is 0 Å². The highest BCUT2D eigenvalue weighted by Gasteiger charge is 2.24. The van der Waals surface area contributed by atoms with E-state index in [0.29, 0.717) is 0 Å². The Hall–Kier alpha value is -2.88. The Labute approximate surface area is 191 Å². The van der Waals surface area contributed by atoms with Crippen LogP contribution in [-0.4, -0.2) is 34.9 Å². The van der Waals surface area contributed by atoms with E-state index in [4.69, 9.17) is 39.5 Å². The van der Waals surface area contributed by atoms with Crippen LogP contribution in [0.3, 0.4) is 0 Å². The van der Waals surface area contributed by atoms with E-state index in [1.165, 1.54) is 44.2 Å². The summed E-state index contributed by atoms with van der Waals surface area (Å²) in [5.41, 5.74) is -0.0981. The Kier molecular flexibility index (Phi) is 8.21. The summed E-state index contributed by atoms with van der Waals surface area (Å²) in [7, 11) is 0. The van der Waals surface area contributed by atoms with Gasteiger partial charge in [0.25, 0.3) is 17.5 Å². The van der Waals surface area contributed by atoms with Gasteiger partial charge < -0.3 is 15.4 Å². The van der Waals surface area contributed by atoms with E-state index in [1.54, 1.807) is 0 Å². The Balaban J connectivity index is 1.96. The van der Waals surface area contributed by atoms with E-state index < -0.39 is 34.9 Å². The predicted molar refractivity (Wildman–Crippen MR) is 116 cm³/mol. The summed E-state index contributed by atoms with van der Waals surface area (Å²) in [5, 5.41) is 16.2. The van der Waals surface area contributed by atoms with E-state index in [1.807, 2.05) is 0 Å². The molecule has 2 rings (SSSR count). The number of carbonyl (C=O) groups excluding carboxylic acids is 3. The Morgan fingerprint density at radius 1 is 1.03 bits per heavy atom. The zero-order valence-electron chi connectivity index (χ0n) is 16.1. The van der Waals surface area contributed by atoms with Crippen LogP contribution >= 0.6 is 34.8 Å². The van der Waals surface area contributed by atoms with Crippen molar-refractivity contribution in [2.45, 2.75) is 26.0 Å². The minimum atomic E-state index is -1.23. The third-order valence-electron chi connectivity index (χ3n) is 3.95. The number of halogens is 3. The molecule has 0 aliphatic heterocycles. The zero-order chi connectivity index (χ0) is 23.3. The predicted octanol–water partition coefficient (Wildman–Crippen LogP) is 4.24. The molecule has 164 valence electrons. The molecule has 2 aromatic rings. The molecule has 0 aliphatic rings. The first-order valence-corrected chi connectivity index (χ1v) is 9.84. The molecule has 0 bridgehead atoms. The van der Waals surface area contributed by atoms with Crippen LogP contribution in [0, 0.1) is 10.1 Å². The molecule has 12 heteroatoms. The third-order valence-corrected chi connectivity index (χ3v) is 4.99. The fraction of sp³-hybridized carbons (Fsp3) is 0.211. The number of rotatable bonds is 7. The van der Waals surface area contributed by atoms with E-state index in [0.717, 1.165) is 6.07 Å². The molecule has 2 N–H and O–H groups in total. The minimum absolute atomic E-state index is 0.00565. The first-order valence-electron chi connectivity index (χ1n) is 8.70. The van der Waals surface area contributed by atoms with Gasteiger partial charge in [0.1, 0.15) is 6.04 Å². The fourth-order valence-electron chi connectivity index (χ4n) is 2.28. The van der Waals surface area contributed by atoms with Crippen LogP contribution in [-0.2, 0) is 14.3 Å². The molecule has 2 unspecified atom stereocenters. The van der Waals surface area contributed by atoms with Gasteiger partial charge in [-0.2, -0.15) is 0 Å². The lowest BCUT2D eigenvalue weighted by Gasteiger charge is -2.18. The number of carbonyl (C=O) groups is 3. The summed E-state index contributed by atoms with van der Waals surface area (Å²) in [6.07, 6.45) is -1.23. The van der Waals surface area contributed by atoms with Crippen LogP contribution in [0.5, 0.6) is 0 Å². The molecule has 2 amide bonds. The van der Waals surface area contributed by atoms with Crippen molar-refractivity contribution < 1.29 is 24.0 Å². The second kappa shape index (κ2) is 10.4. The molecule has 0 aromatic heterocycles. The number of hydrogen-bond acceptors (Lipinski definition) is 6. The Morgan fingerprint density at radius 2 is 1.68 bits per heavy atom. The van der Waals surface area contributed by atoms with Gasteiger partial charge in [-0.3, -0.25) is 19.7 Å². The first-order chi connectivity index (χ1) is 14.5. The van der Waals surface area contributed by atoms with E-state index in [-0.39, 0.29) is 32.0 Å². The highest BCUT2D eigenvalue weighted by molar-refractivity contribution is 6.44. The highest BCUT2D eigenvalue weighted by Crippen LogP contribution is 2.32. The van der Waals surface area contributed by atoms with Crippen LogP contribution in [0.4, 0.5) is 11.4 Å². The standard InChI is InChI=1S/C19H16Cl3N3O6/c1-9(23-18(27)11-4-3-5-12(6-11)25(29)30)19(28)31-10(2)17(26)24-16-8-14(21)13(20)7-15(16)22/h3-10H,1-2H3,(H,23,27)(H,24,26). The smallest absolute Gasteiger partial charge is 0.329 e. The Bertz CT molecular complexity index is 1050. The van der Waals surface area contributed by atoms with Crippen LogP contribution in [0.2, 0.25) is 15.1 Å². The topological polar surface area (TPSA) is 128 Å². The largest absolute Gasteiger partial charge is 0.451 e. The van der Waals surface area contributed by atoms with Crippen molar-refractivity contribution in [2.24, 2.45) is 0 Å². The van der Waals surface area contributed by atoms with Crippen LogP contribution < -0.4 is 10.6 Å². The monoisotopic (exact) mass is 487 g/mol. The maximum absolute atomic E-state index is 12.3. The van der Waals surface area contributed by atoms with Crippen LogP contribution in [0.1, 0.15) is 24.2 Å². The molecular formula is C19H16Cl3N3O6. The van der Waals surface area contributed by atoms with Gasteiger partial charge >= 0.3 is 5.97 Å². The molecule has 2 aromatic carbocycles. The van der Waals surface area contributed by atoms with Gasteiger partial charge in [0.05, 0.1) is 25.7 Å². The number of amides is 2. The van der Waals surface area contributed by atoms with Crippen molar-refractivity contribution >= 4 is 64.0 Å². The zero-order valence-corrected chi connectivity index (χ0v) is 18.4. The first kappa shape index (κ1) is 24.4. The number of ether oxygens (including phenoxy) is 1. The van der Waals surface area contributed by atoms with Crippen molar-refractivity contribution in [1.82, 2.24) is 5.32 Å². The van der Waals surface area contributed by atoms with E-state index in [2.05, 4.69) is 10.6 Å². The summed E-state index contributed by atoms with van der Waals surface area (Å²) in [6, 6.07) is 6.58. The lowest BCUT2D eigenvalue weighted by atomic mass is 10.2. The van der Waals surface area contributed by atoms with Gasteiger partial charge in [-0.05, 0) is 32.0 Å². The van der Waals surface area contributed by atoms with Crippen LogP contribution in [0.15, 0.2) is 36.4 Å². The molecule has 0 heterocycles. The lowest BCUT2D eigenvalue weighted by Crippen LogP contribution is -2.42. The van der Waals surface area contributed by atoms with Gasteiger partial charge in [-0.15, -0.1) is 0 Å². The molecule has 0 saturated carbocycles. The maximum Gasteiger partial charge on any atom is 0.329 e. The van der Waals surface area contributed by atoms with Crippen molar-refractivity contribution in [3.05, 3.63) is 67.1 Å². The number of non-ortho nitro benzene ring substituents is 1. The van der Waals surface area contributed by atoms with Crippen molar-refractivity contribution in [2.75, 3.05) is 5.32 Å². The average molecular weight is 489 g/mol. The van der Waals surface area contributed by atoms with Gasteiger partial charge in [0.15, 0.2) is 6.10 Å². The maximum atomic E-state index is 12.3. The van der Waals surface area contributed by atoms with Gasteiger partial charge in [-0.25, -0.2) is 4.79 Å². The summed E-state index contributed by atoms with van der Waals surface area (Å²) >= 11 is 17.7. The summed E-state index contributed by atoms with van der Waals surface area (Å²) in [4.78, 5) is 46.9. The minimum Gasteiger partial charge on any atom is -0.451 e. The number of nitrogens with one attached hydrogen (secondary N) is 2. The molecule has 0 fully saturated rings. The van der Waals surface area contributed by atoms with Crippen molar-refractivity contribution in [3.8, 4) is 0 Å². The van der Waals surface area contributed by atoms with Crippen LogP contribution in [0.25, 0.3) is 0 Å². The molecule has 31 heavy (non-hydrogen) atoms. The SMILES string of the molecule is CC(NC(=O)c1cccc([N+](=O)[O-])c1)C(=O)OC(C)C(=O)Nc1cc(Cl)c(Cl)cc1Cl. The lowest BCUT2D eigenvalue weighted by molar-refractivity contribution is -0.384. The third kappa shape index (κ3) is 6.55. The second-order valence-electron chi connectivity index (χ2n) is 6.32. The van der Waals surface area contributed by atoms with Gasteiger partial charge in [-0.1, -0.05) is 40.9 Å². The second-order valence-corrected chi connectivity index (χ2v) is 7.54. The average Bonchev–Trinajstić information content (AvgIpc) is 2.71. The fourth-order valence-corrected chi connectivity index (χ4v) is 2.88. The van der Waals surface area contributed by atoms with E-state index in [9.17, 15) is 24.5 Å². The quantitative estimate of drug-likeness (QED) is 0.260. The molecule has 9 nitrogen and oxygen atoms in total. The normalized spacial score (nSPS) is 12.4. The Morgan fingerprint density at radius 3 is 2.32 bits per heavy atom. The highest BCUT2D eigenvalue weighted by atomic mass is 35.5. The molecule has 0 spiro atoms. The number of anilines is 1. The molecule has 0 aliphatic carbocycles. The van der Waals surface area contributed by atoms with Gasteiger partial charge in [0.2, 0.25) is 0 Å². The summed E-state index contributed by atoms with van der Waals surface area (Å²) in [6.45, 7) is 2.67. The summed E-state index contributed by atoms with van der Waals surface area (Å²) < 4.78 is 5.06. The number of benzene rings is 2. The number of nitro benzene ring substituents is 1. The molecular weight excluding hydrogens is 473 g/mol. The number of hydrogen-bond donors (Lipinski definition) is 2. The van der Waals surface area contributed by atoms with Crippen molar-refractivity contribution in [3.63, 3.8) is 0 Å². The summed E-state index contributed by atoms with van der Waals surface area (Å²) in [5.74, 6) is -2.29. The molecule has 2 atom stereocenters. The van der Waals surface area contributed by atoms with Gasteiger partial charge in [0, 0.05) is 17.7 Å². The molecule has 0 radical (unpaired) electrons.